The third-order valence-corrected chi connectivity index (χ3v) is 7.52. The van der Waals surface area contributed by atoms with Crippen molar-refractivity contribution < 1.29 is 9.59 Å². The standard InChI is InChI=1S/C20H33N3O2/c1-13-4-8-22(9-5-13)19(24)14-6-10-23(11-7-14)20(25)17-15-2-3-16(12-15)18(17)21/h13-18H,2-12,21H2,1H3. The highest BCUT2D eigenvalue weighted by molar-refractivity contribution is 5.82. The lowest BCUT2D eigenvalue weighted by molar-refractivity contribution is -0.144. The topological polar surface area (TPSA) is 66.6 Å². The number of likely N-dealkylation sites (tertiary alicyclic amines) is 2. The summed E-state index contributed by atoms with van der Waals surface area (Å²) in [6.45, 7) is 5.57. The zero-order valence-electron chi connectivity index (χ0n) is 15.5. The van der Waals surface area contributed by atoms with Gasteiger partial charge in [0.15, 0.2) is 0 Å². The second-order valence-corrected chi connectivity index (χ2v) is 9.04. The van der Waals surface area contributed by atoms with E-state index in [1.165, 1.54) is 12.8 Å². The Morgan fingerprint density at radius 3 is 1.96 bits per heavy atom. The minimum Gasteiger partial charge on any atom is -0.342 e. The summed E-state index contributed by atoms with van der Waals surface area (Å²) in [6.07, 6.45) is 7.45. The minimum atomic E-state index is 0.0505. The van der Waals surface area contributed by atoms with E-state index in [1.807, 2.05) is 4.90 Å². The number of hydrogen-bond donors (Lipinski definition) is 1. The first-order valence-corrected chi connectivity index (χ1v) is 10.4. The molecule has 4 fully saturated rings. The van der Waals surface area contributed by atoms with Gasteiger partial charge in [-0.15, -0.1) is 0 Å². The Morgan fingerprint density at radius 1 is 0.800 bits per heavy atom. The van der Waals surface area contributed by atoms with E-state index in [1.54, 1.807) is 0 Å². The minimum absolute atomic E-state index is 0.0505. The second-order valence-electron chi connectivity index (χ2n) is 9.04. The van der Waals surface area contributed by atoms with E-state index >= 15 is 0 Å². The average molecular weight is 348 g/mol. The van der Waals surface area contributed by atoms with Gasteiger partial charge in [-0.05, 0) is 62.7 Å². The molecular weight excluding hydrogens is 314 g/mol. The Labute approximate surface area is 151 Å². The van der Waals surface area contributed by atoms with Crippen molar-refractivity contribution in [3.05, 3.63) is 0 Å². The van der Waals surface area contributed by atoms with E-state index < -0.39 is 0 Å². The van der Waals surface area contributed by atoms with E-state index in [4.69, 9.17) is 5.73 Å². The van der Waals surface area contributed by atoms with E-state index in [0.29, 0.717) is 17.7 Å². The van der Waals surface area contributed by atoms with Crippen molar-refractivity contribution in [1.29, 1.82) is 0 Å². The first kappa shape index (κ1) is 17.3. The van der Waals surface area contributed by atoms with Crippen LogP contribution in [-0.4, -0.2) is 53.8 Å². The normalized spacial score (nSPS) is 36.9. The SMILES string of the molecule is CC1CCN(C(=O)C2CCN(C(=O)C3C4CCC(C4)C3N)CC2)CC1. The number of nitrogens with two attached hydrogens (primary N) is 1. The van der Waals surface area contributed by atoms with Crippen LogP contribution in [0.5, 0.6) is 0 Å². The van der Waals surface area contributed by atoms with Crippen molar-refractivity contribution in [3.8, 4) is 0 Å². The van der Waals surface area contributed by atoms with Gasteiger partial charge >= 0.3 is 0 Å². The molecule has 0 spiro atoms. The highest BCUT2D eigenvalue weighted by Gasteiger charge is 2.50. The van der Waals surface area contributed by atoms with Crippen molar-refractivity contribution in [2.75, 3.05) is 26.2 Å². The average Bonchev–Trinajstić information content (AvgIpc) is 3.22. The number of carbonyl (C=O) groups excluding carboxylic acids is 2. The van der Waals surface area contributed by atoms with Crippen molar-refractivity contribution in [2.45, 2.75) is 57.9 Å². The number of piperidine rings is 2. The number of nitrogens with zero attached hydrogens (tertiary/aromatic N) is 2. The van der Waals surface area contributed by atoms with Gasteiger partial charge in [-0.3, -0.25) is 9.59 Å². The molecule has 2 bridgehead atoms. The number of amides is 2. The van der Waals surface area contributed by atoms with E-state index in [2.05, 4.69) is 11.8 Å². The van der Waals surface area contributed by atoms with Crippen LogP contribution in [0.15, 0.2) is 0 Å². The predicted octanol–water partition coefficient (Wildman–Crippen LogP) is 1.86. The van der Waals surface area contributed by atoms with E-state index in [9.17, 15) is 9.59 Å². The molecule has 140 valence electrons. The molecule has 0 radical (unpaired) electrons. The van der Waals surface area contributed by atoms with Gasteiger partial charge in [-0.2, -0.15) is 0 Å². The predicted molar refractivity (Wildman–Crippen MR) is 96.6 cm³/mol. The van der Waals surface area contributed by atoms with Crippen molar-refractivity contribution in [1.82, 2.24) is 9.80 Å². The lowest BCUT2D eigenvalue weighted by atomic mass is 9.83. The molecule has 4 aliphatic rings. The zero-order chi connectivity index (χ0) is 17.6. The van der Waals surface area contributed by atoms with Crippen molar-refractivity contribution >= 4 is 11.8 Å². The molecule has 2 aliphatic carbocycles. The van der Waals surface area contributed by atoms with E-state index in [-0.39, 0.29) is 23.8 Å². The quantitative estimate of drug-likeness (QED) is 0.829. The molecule has 2 heterocycles. The molecular formula is C20H33N3O2. The van der Waals surface area contributed by atoms with Crippen molar-refractivity contribution in [2.24, 2.45) is 35.3 Å². The number of carbonyl (C=O) groups is 2. The Balaban J connectivity index is 1.29. The third-order valence-electron chi connectivity index (χ3n) is 7.52. The molecule has 2 N–H and O–H groups in total. The molecule has 5 heteroatoms. The molecule has 4 atom stereocenters. The molecule has 2 amide bonds. The number of rotatable bonds is 2. The summed E-state index contributed by atoms with van der Waals surface area (Å²) in [7, 11) is 0. The summed E-state index contributed by atoms with van der Waals surface area (Å²) < 4.78 is 0. The van der Waals surface area contributed by atoms with E-state index in [0.717, 1.165) is 64.2 Å². The molecule has 0 aromatic rings. The van der Waals surface area contributed by atoms with Gasteiger partial charge < -0.3 is 15.5 Å². The Kier molecular flexibility index (Phi) is 4.78. The monoisotopic (exact) mass is 347 g/mol. The van der Waals surface area contributed by atoms with Gasteiger partial charge in [0.25, 0.3) is 0 Å². The molecule has 4 rings (SSSR count). The van der Waals surface area contributed by atoms with Gasteiger partial charge in [-0.25, -0.2) is 0 Å². The molecule has 2 aliphatic heterocycles. The molecule has 4 unspecified atom stereocenters. The lowest BCUT2D eigenvalue weighted by Crippen LogP contribution is -2.51. The zero-order valence-corrected chi connectivity index (χ0v) is 15.5. The molecule has 0 aromatic heterocycles. The van der Waals surface area contributed by atoms with Crippen LogP contribution in [0, 0.1) is 29.6 Å². The first-order chi connectivity index (χ1) is 12.0. The molecule has 2 saturated heterocycles. The second kappa shape index (κ2) is 6.90. The maximum Gasteiger partial charge on any atom is 0.227 e. The fraction of sp³-hybridized carbons (Fsp3) is 0.900. The maximum absolute atomic E-state index is 13.0. The Morgan fingerprint density at radius 2 is 1.36 bits per heavy atom. The van der Waals surface area contributed by atoms with Gasteiger partial charge in [0.05, 0.1) is 5.92 Å². The summed E-state index contributed by atoms with van der Waals surface area (Å²) in [5, 5.41) is 0. The number of hydrogen-bond acceptors (Lipinski definition) is 3. The lowest BCUT2D eigenvalue weighted by Gasteiger charge is -2.39. The summed E-state index contributed by atoms with van der Waals surface area (Å²) in [6, 6.07) is 0.0703. The summed E-state index contributed by atoms with van der Waals surface area (Å²) in [5.74, 6) is 2.60. The third kappa shape index (κ3) is 3.20. The van der Waals surface area contributed by atoms with Crippen LogP contribution in [0.25, 0.3) is 0 Å². The fourth-order valence-electron chi connectivity index (χ4n) is 5.75. The molecule has 5 nitrogen and oxygen atoms in total. The smallest absolute Gasteiger partial charge is 0.227 e. The Hall–Kier alpha value is -1.10. The van der Waals surface area contributed by atoms with Crippen LogP contribution in [0.2, 0.25) is 0 Å². The van der Waals surface area contributed by atoms with Gasteiger partial charge in [0.1, 0.15) is 0 Å². The maximum atomic E-state index is 13.0. The van der Waals surface area contributed by atoms with Crippen LogP contribution >= 0.6 is 0 Å². The fourth-order valence-corrected chi connectivity index (χ4v) is 5.75. The van der Waals surface area contributed by atoms with Crippen molar-refractivity contribution in [3.63, 3.8) is 0 Å². The molecule has 2 saturated carbocycles. The summed E-state index contributed by atoms with van der Waals surface area (Å²) in [5.41, 5.74) is 6.35. The largest absolute Gasteiger partial charge is 0.342 e. The van der Waals surface area contributed by atoms with Crippen LogP contribution < -0.4 is 5.73 Å². The van der Waals surface area contributed by atoms with Gasteiger partial charge in [0, 0.05) is 38.1 Å². The van der Waals surface area contributed by atoms with Crippen LogP contribution in [-0.2, 0) is 9.59 Å². The number of fused-ring (bicyclic) bond motifs is 2. The van der Waals surface area contributed by atoms with Crippen LogP contribution in [0.3, 0.4) is 0 Å². The van der Waals surface area contributed by atoms with Gasteiger partial charge in [-0.1, -0.05) is 6.92 Å². The van der Waals surface area contributed by atoms with Gasteiger partial charge in [0.2, 0.25) is 11.8 Å². The highest BCUT2D eigenvalue weighted by atomic mass is 16.2. The molecule has 0 aromatic carbocycles. The summed E-state index contributed by atoms with van der Waals surface area (Å²) in [4.78, 5) is 29.8. The van der Waals surface area contributed by atoms with Crippen LogP contribution in [0.4, 0.5) is 0 Å². The first-order valence-electron chi connectivity index (χ1n) is 10.4. The highest BCUT2D eigenvalue weighted by Crippen LogP contribution is 2.48. The Bertz CT molecular complexity index is 519. The molecule has 25 heavy (non-hydrogen) atoms. The summed E-state index contributed by atoms with van der Waals surface area (Å²) >= 11 is 0. The van der Waals surface area contributed by atoms with Crippen LogP contribution in [0.1, 0.15) is 51.9 Å².